The van der Waals surface area contributed by atoms with Crippen molar-refractivity contribution in [1.29, 1.82) is 0 Å². The van der Waals surface area contributed by atoms with Crippen molar-refractivity contribution < 1.29 is 9.59 Å². The minimum atomic E-state index is -0.140. The van der Waals surface area contributed by atoms with Crippen molar-refractivity contribution >= 4 is 29.3 Å². The average molecular weight is 354 g/mol. The van der Waals surface area contributed by atoms with E-state index in [2.05, 4.69) is 17.4 Å². The van der Waals surface area contributed by atoms with Gasteiger partial charge in [0.2, 0.25) is 5.91 Å². The average Bonchev–Trinajstić information content (AvgIpc) is 3.07. The monoisotopic (exact) mass is 354 g/mol. The number of anilines is 1. The molecular formula is C20H22N2O2S. The van der Waals surface area contributed by atoms with Crippen LogP contribution in [0, 0.1) is 0 Å². The number of hydrogen-bond donors (Lipinski definition) is 1. The molecule has 130 valence electrons. The lowest BCUT2D eigenvalue weighted by atomic mass is 10.1. The van der Waals surface area contributed by atoms with Crippen molar-refractivity contribution in [2.75, 3.05) is 25.2 Å². The number of carbonyl (C=O) groups is 2. The van der Waals surface area contributed by atoms with Crippen LogP contribution in [0.2, 0.25) is 0 Å². The molecule has 0 bridgehead atoms. The van der Waals surface area contributed by atoms with E-state index in [0.717, 1.165) is 23.4 Å². The molecule has 1 aliphatic carbocycles. The van der Waals surface area contributed by atoms with E-state index in [1.807, 2.05) is 24.3 Å². The standard InChI is InChI=1S/C20H22N2O2S/c1-22(2)19(23)13-25-18-9-4-3-8-17(18)20(24)21-16-11-10-14-6-5-7-15(14)12-16/h3-4,8-12H,5-7,13H2,1-2H3,(H,21,24). The van der Waals surface area contributed by atoms with E-state index >= 15 is 0 Å². The van der Waals surface area contributed by atoms with Gasteiger partial charge in [-0.05, 0) is 54.7 Å². The summed E-state index contributed by atoms with van der Waals surface area (Å²) in [5, 5.41) is 2.99. The van der Waals surface area contributed by atoms with E-state index in [1.54, 1.807) is 25.1 Å². The highest BCUT2D eigenvalue weighted by atomic mass is 32.2. The number of carbonyl (C=O) groups excluding carboxylic acids is 2. The van der Waals surface area contributed by atoms with Gasteiger partial charge < -0.3 is 10.2 Å². The van der Waals surface area contributed by atoms with Crippen LogP contribution in [0.15, 0.2) is 47.4 Å². The van der Waals surface area contributed by atoms with Crippen molar-refractivity contribution in [2.24, 2.45) is 0 Å². The number of amides is 2. The lowest BCUT2D eigenvalue weighted by molar-refractivity contribution is -0.125. The smallest absolute Gasteiger partial charge is 0.256 e. The molecule has 0 aliphatic heterocycles. The molecule has 2 aromatic rings. The van der Waals surface area contributed by atoms with Crippen molar-refractivity contribution in [3.8, 4) is 0 Å². The zero-order chi connectivity index (χ0) is 17.8. The summed E-state index contributed by atoms with van der Waals surface area (Å²) in [7, 11) is 3.46. The fourth-order valence-electron chi connectivity index (χ4n) is 2.90. The summed E-state index contributed by atoms with van der Waals surface area (Å²) >= 11 is 1.39. The van der Waals surface area contributed by atoms with Gasteiger partial charge in [0, 0.05) is 24.7 Å². The Morgan fingerprint density at radius 1 is 1.08 bits per heavy atom. The van der Waals surface area contributed by atoms with Crippen LogP contribution >= 0.6 is 11.8 Å². The molecule has 0 saturated carbocycles. The first-order chi connectivity index (χ1) is 12.0. The van der Waals surface area contributed by atoms with Gasteiger partial charge in [-0.25, -0.2) is 0 Å². The second kappa shape index (κ2) is 7.74. The highest BCUT2D eigenvalue weighted by molar-refractivity contribution is 8.00. The maximum absolute atomic E-state index is 12.7. The van der Waals surface area contributed by atoms with Crippen LogP contribution in [0.5, 0.6) is 0 Å². The molecule has 0 radical (unpaired) electrons. The third kappa shape index (κ3) is 4.23. The third-order valence-electron chi connectivity index (χ3n) is 4.34. The summed E-state index contributed by atoms with van der Waals surface area (Å²) in [5.41, 5.74) is 4.14. The van der Waals surface area contributed by atoms with Crippen molar-refractivity contribution in [2.45, 2.75) is 24.2 Å². The van der Waals surface area contributed by atoms with Gasteiger partial charge in [0.15, 0.2) is 0 Å². The third-order valence-corrected chi connectivity index (χ3v) is 5.40. The maximum atomic E-state index is 12.7. The van der Waals surface area contributed by atoms with Gasteiger partial charge in [0.1, 0.15) is 0 Å². The number of fused-ring (bicyclic) bond motifs is 1. The molecule has 2 aromatic carbocycles. The van der Waals surface area contributed by atoms with Gasteiger partial charge in [-0.3, -0.25) is 9.59 Å². The summed E-state index contributed by atoms with van der Waals surface area (Å²) in [6.07, 6.45) is 3.40. The van der Waals surface area contributed by atoms with E-state index in [9.17, 15) is 9.59 Å². The van der Waals surface area contributed by atoms with Crippen LogP contribution in [0.4, 0.5) is 5.69 Å². The van der Waals surface area contributed by atoms with Crippen molar-refractivity contribution in [1.82, 2.24) is 4.90 Å². The Hall–Kier alpha value is -2.27. The molecule has 1 aliphatic rings. The number of rotatable bonds is 5. The summed E-state index contributed by atoms with van der Waals surface area (Å²) in [5.74, 6) is 0.202. The predicted molar refractivity (Wildman–Crippen MR) is 102 cm³/mol. The largest absolute Gasteiger partial charge is 0.348 e. The number of thioether (sulfide) groups is 1. The highest BCUT2D eigenvalue weighted by Crippen LogP contribution is 2.27. The molecule has 4 nitrogen and oxygen atoms in total. The van der Waals surface area contributed by atoms with Gasteiger partial charge in [0.05, 0.1) is 11.3 Å². The van der Waals surface area contributed by atoms with E-state index in [1.165, 1.54) is 29.3 Å². The minimum absolute atomic E-state index is 0.0267. The van der Waals surface area contributed by atoms with Gasteiger partial charge in [0.25, 0.3) is 5.91 Å². The van der Waals surface area contributed by atoms with Gasteiger partial charge in [-0.2, -0.15) is 0 Å². The Morgan fingerprint density at radius 3 is 2.64 bits per heavy atom. The van der Waals surface area contributed by atoms with Gasteiger partial charge >= 0.3 is 0 Å². The fourth-order valence-corrected chi connectivity index (χ4v) is 3.92. The van der Waals surface area contributed by atoms with Crippen molar-refractivity contribution in [3.05, 3.63) is 59.2 Å². The Kier molecular flexibility index (Phi) is 5.43. The number of benzene rings is 2. The molecule has 5 heteroatoms. The molecule has 0 unspecified atom stereocenters. The number of hydrogen-bond acceptors (Lipinski definition) is 3. The highest BCUT2D eigenvalue weighted by Gasteiger charge is 2.15. The Morgan fingerprint density at radius 2 is 1.84 bits per heavy atom. The van der Waals surface area contributed by atoms with E-state index in [4.69, 9.17) is 0 Å². The van der Waals surface area contributed by atoms with Gasteiger partial charge in [-0.1, -0.05) is 18.2 Å². The lowest BCUT2D eigenvalue weighted by Gasteiger charge is -2.12. The maximum Gasteiger partial charge on any atom is 0.256 e. The Bertz CT molecular complexity index is 802. The first-order valence-electron chi connectivity index (χ1n) is 8.40. The molecule has 0 spiro atoms. The van der Waals surface area contributed by atoms with E-state index in [-0.39, 0.29) is 11.8 Å². The zero-order valence-corrected chi connectivity index (χ0v) is 15.4. The molecular weight excluding hydrogens is 332 g/mol. The molecule has 0 fully saturated rings. The molecule has 0 aromatic heterocycles. The lowest BCUT2D eigenvalue weighted by Crippen LogP contribution is -2.23. The first kappa shape index (κ1) is 17.5. The molecule has 2 amide bonds. The Labute approximate surface area is 152 Å². The van der Waals surface area contributed by atoms with E-state index in [0.29, 0.717) is 11.3 Å². The summed E-state index contributed by atoms with van der Waals surface area (Å²) in [6, 6.07) is 13.5. The van der Waals surface area contributed by atoms with Crippen LogP contribution < -0.4 is 5.32 Å². The first-order valence-corrected chi connectivity index (χ1v) is 9.38. The molecule has 3 rings (SSSR count). The molecule has 1 N–H and O–H groups in total. The molecule has 0 saturated heterocycles. The summed E-state index contributed by atoms with van der Waals surface area (Å²) in [6.45, 7) is 0. The second-order valence-electron chi connectivity index (χ2n) is 6.36. The molecule has 0 atom stereocenters. The molecule has 25 heavy (non-hydrogen) atoms. The normalized spacial score (nSPS) is 12.6. The van der Waals surface area contributed by atoms with Crippen LogP contribution in [-0.4, -0.2) is 36.6 Å². The van der Waals surface area contributed by atoms with Gasteiger partial charge in [-0.15, -0.1) is 11.8 Å². The quantitative estimate of drug-likeness (QED) is 0.835. The number of nitrogens with zero attached hydrogens (tertiary/aromatic N) is 1. The van der Waals surface area contributed by atoms with E-state index < -0.39 is 0 Å². The summed E-state index contributed by atoms with van der Waals surface area (Å²) < 4.78 is 0. The van der Waals surface area contributed by atoms with Crippen LogP contribution in [0.3, 0.4) is 0 Å². The second-order valence-corrected chi connectivity index (χ2v) is 7.38. The van der Waals surface area contributed by atoms with Crippen LogP contribution in [0.1, 0.15) is 27.9 Å². The van der Waals surface area contributed by atoms with Crippen LogP contribution in [0.25, 0.3) is 0 Å². The number of nitrogens with one attached hydrogen (secondary N) is 1. The molecule has 0 heterocycles. The predicted octanol–water partition coefficient (Wildman–Crippen LogP) is 3.61. The SMILES string of the molecule is CN(C)C(=O)CSc1ccccc1C(=O)Nc1ccc2c(c1)CCC2. The van der Waals surface area contributed by atoms with Crippen LogP contribution in [-0.2, 0) is 17.6 Å². The Balaban J connectivity index is 1.72. The summed E-state index contributed by atoms with van der Waals surface area (Å²) in [4.78, 5) is 26.9. The van der Waals surface area contributed by atoms with Crippen molar-refractivity contribution in [3.63, 3.8) is 0 Å². The zero-order valence-electron chi connectivity index (χ0n) is 14.5. The fraction of sp³-hybridized carbons (Fsp3) is 0.300. The topological polar surface area (TPSA) is 49.4 Å². The minimum Gasteiger partial charge on any atom is -0.348 e. The number of aryl methyl sites for hydroxylation is 2.